The zero-order valence-electron chi connectivity index (χ0n) is 8.28. The number of hydrogen-bond donors (Lipinski definition) is 3. The van der Waals surface area contributed by atoms with E-state index in [1.54, 1.807) is 12.1 Å². The molecule has 0 aromatic heterocycles. The van der Waals surface area contributed by atoms with Crippen molar-refractivity contribution in [3.63, 3.8) is 0 Å². The number of methoxy groups -OCH3 is 1. The minimum absolute atomic E-state index is 0.339. The Balaban J connectivity index is 2.98. The number of urea groups is 1. The summed E-state index contributed by atoms with van der Waals surface area (Å²) < 4.78 is 7.34. The summed E-state index contributed by atoms with van der Waals surface area (Å²) >= 11 is 6.81. The van der Waals surface area contributed by atoms with Crippen LogP contribution < -0.4 is 10.0 Å². The molecule has 0 saturated heterocycles. The van der Waals surface area contributed by atoms with Gasteiger partial charge in [-0.3, -0.25) is 4.72 Å². The maximum atomic E-state index is 11.3. The molecule has 16 heavy (non-hydrogen) atoms. The number of halogens is 1. The van der Waals surface area contributed by atoms with Crippen LogP contribution in [0.4, 0.5) is 10.5 Å². The van der Waals surface area contributed by atoms with Crippen LogP contribution in [0.5, 0.6) is 0 Å². The average molecular weight is 305 g/mol. The Morgan fingerprint density at radius 1 is 1.38 bits per heavy atom. The van der Waals surface area contributed by atoms with Crippen LogP contribution >= 0.6 is 28.7 Å². The number of anilines is 1. The van der Waals surface area contributed by atoms with Gasteiger partial charge in [0.15, 0.2) is 0 Å². The molecule has 0 aliphatic heterocycles. The molecule has 0 fully saturated rings. The molecule has 0 spiro atoms. The average Bonchev–Trinajstić information content (AvgIpc) is 2.27. The van der Waals surface area contributed by atoms with Gasteiger partial charge in [-0.2, -0.15) is 0 Å². The van der Waals surface area contributed by atoms with E-state index in [4.69, 9.17) is 0 Å². The number of carbonyl (C=O) groups excluding carboxylic acids is 2. The summed E-state index contributed by atoms with van der Waals surface area (Å²) in [4.78, 5) is 22.3. The third kappa shape index (κ3) is 3.42. The maximum absolute atomic E-state index is 11.3. The molecule has 0 radical (unpaired) electrons. The first-order chi connectivity index (χ1) is 7.56. The van der Waals surface area contributed by atoms with Crippen molar-refractivity contribution in [2.75, 3.05) is 12.4 Å². The zero-order valence-corrected chi connectivity index (χ0v) is 10.8. The number of benzene rings is 1. The first kappa shape index (κ1) is 12.9. The number of thiol groups is 1. The van der Waals surface area contributed by atoms with Crippen molar-refractivity contribution >= 4 is 46.4 Å². The van der Waals surface area contributed by atoms with Crippen molar-refractivity contribution in [2.24, 2.45) is 0 Å². The quantitative estimate of drug-likeness (QED) is 0.579. The van der Waals surface area contributed by atoms with E-state index in [1.807, 2.05) is 0 Å². The molecule has 0 aliphatic carbocycles. The standard InChI is InChI=1S/C9H9BrN2O3S/c1-15-8(13)5-2-6(10)4-7(3-5)11-9(14)12-16/h2-4,16H,1H3,(H2,11,12,14). The number of hydrogen-bond acceptors (Lipinski definition) is 4. The number of nitrogens with one attached hydrogen (secondary N) is 2. The Bertz CT molecular complexity index is 425. The molecule has 0 bridgehead atoms. The normalized spacial score (nSPS) is 9.44. The first-order valence-electron chi connectivity index (χ1n) is 4.17. The Labute approximate surface area is 106 Å². The smallest absolute Gasteiger partial charge is 0.337 e. The van der Waals surface area contributed by atoms with Gasteiger partial charge >= 0.3 is 12.0 Å². The van der Waals surface area contributed by atoms with E-state index in [0.29, 0.717) is 15.7 Å². The zero-order chi connectivity index (χ0) is 12.1. The molecule has 0 saturated carbocycles. The molecule has 0 aliphatic rings. The fourth-order valence-corrected chi connectivity index (χ4v) is 1.61. The highest BCUT2D eigenvalue weighted by Crippen LogP contribution is 2.20. The highest BCUT2D eigenvalue weighted by atomic mass is 79.9. The van der Waals surface area contributed by atoms with Crippen molar-refractivity contribution in [2.45, 2.75) is 0 Å². The molecule has 0 unspecified atom stereocenters. The van der Waals surface area contributed by atoms with Crippen molar-refractivity contribution in [1.82, 2.24) is 4.72 Å². The number of rotatable bonds is 2. The van der Waals surface area contributed by atoms with Gasteiger partial charge in [0.2, 0.25) is 0 Å². The Morgan fingerprint density at radius 3 is 2.62 bits per heavy atom. The third-order valence-electron chi connectivity index (χ3n) is 1.68. The van der Waals surface area contributed by atoms with E-state index >= 15 is 0 Å². The van der Waals surface area contributed by atoms with Gasteiger partial charge in [-0.15, -0.1) is 0 Å². The topological polar surface area (TPSA) is 67.4 Å². The van der Waals surface area contributed by atoms with Gasteiger partial charge in [-0.05, 0) is 18.2 Å². The number of carbonyl (C=O) groups is 2. The van der Waals surface area contributed by atoms with Gasteiger partial charge in [0.1, 0.15) is 0 Å². The fraction of sp³-hybridized carbons (Fsp3) is 0.111. The molecule has 1 rings (SSSR count). The van der Waals surface area contributed by atoms with Gasteiger partial charge in [0.05, 0.1) is 12.7 Å². The van der Waals surface area contributed by atoms with Crippen LogP contribution in [-0.4, -0.2) is 19.1 Å². The second kappa shape index (κ2) is 5.76. The van der Waals surface area contributed by atoms with Gasteiger partial charge in [-0.1, -0.05) is 28.7 Å². The molecule has 0 atom stereocenters. The van der Waals surface area contributed by atoms with E-state index in [-0.39, 0.29) is 0 Å². The lowest BCUT2D eigenvalue weighted by atomic mass is 10.2. The van der Waals surface area contributed by atoms with Crippen LogP contribution in [0.2, 0.25) is 0 Å². The van der Waals surface area contributed by atoms with Gasteiger partial charge in [-0.25, -0.2) is 9.59 Å². The summed E-state index contributed by atoms with van der Waals surface area (Å²) in [5.41, 5.74) is 0.799. The SMILES string of the molecule is COC(=O)c1cc(Br)cc(NC(=O)NS)c1. The van der Waals surface area contributed by atoms with Gasteiger partial charge in [0.25, 0.3) is 0 Å². The van der Waals surface area contributed by atoms with E-state index in [0.717, 1.165) is 0 Å². The Morgan fingerprint density at radius 2 is 2.06 bits per heavy atom. The fourth-order valence-electron chi connectivity index (χ4n) is 1.06. The molecule has 2 amide bonds. The van der Waals surface area contributed by atoms with Crippen LogP contribution in [0, 0.1) is 0 Å². The molecule has 5 nitrogen and oxygen atoms in total. The van der Waals surface area contributed by atoms with Crippen LogP contribution in [0.3, 0.4) is 0 Å². The molecule has 7 heteroatoms. The van der Waals surface area contributed by atoms with Crippen molar-refractivity contribution < 1.29 is 14.3 Å². The predicted molar refractivity (Wildman–Crippen MR) is 66.6 cm³/mol. The van der Waals surface area contributed by atoms with E-state index in [9.17, 15) is 9.59 Å². The van der Waals surface area contributed by atoms with Crippen molar-refractivity contribution in [3.05, 3.63) is 28.2 Å². The van der Waals surface area contributed by atoms with Crippen LogP contribution in [0.15, 0.2) is 22.7 Å². The van der Waals surface area contributed by atoms with Crippen LogP contribution in [0.1, 0.15) is 10.4 Å². The third-order valence-corrected chi connectivity index (χ3v) is 2.34. The molecular formula is C9H9BrN2O3S. The minimum atomic E-state index is -0.489. The van der Waals surface area contributed by atoms with E-state index in [1.165, 1.54) is 13.2 Å². The lowest BCUT2D eigenvalue weighted by molar-refractivity contribution is 0.0600. The lowest BCUT2D eigenvalue weighted by Gasteiger charge is -2.06. The van der Waals surface area contributed by atoms with Crippen molar-refractivity contribution in [1.29, 1.82) is 0 Å². The summed E-state index contributed by atoms with van der Waals surface area (Å²) in [5.74, 6) is -0.476. The molecule has 1 aromatic carbocycles. The summed E-state index contributed by atoms with van der Waals surface area (Å²) in [6.07, 6.45) is 0. The Hall–Kier alpha value is -1.21. The van der Waals surface area contributed by atoms with Gasteiger partial charge < -0.3 is 10.1 Å². The molecule has 2 N–H and O–H groups in total. The van der Waals surface area contributed by atoms with E-state index in [2.05, 4.69) is 43.5 Å². The lowest BCUT2D eigenvalue weighted by Crippen LogP contribution is -2.20. The van der Waals surface area contributed by atoms with Crippen LogP contribution in [0.25, 0.3) is 0 Å². The summed E-state index contributed by atoms with van der Waals surface area (Å²) in [5, 5.41) is 2.49. The largest absolute Gasteiger partial charge is 0.465 e. The summed E-state index contributed by atoms with van der Waals surface area (Å²) in [6.45, 7) is 0. The Kier molecular flexibility index (Phi) is 4.63. The highest BCUT2D eigenvalue weighted by Gasteiger charge is 2.09. The highest BCUT2D eigenvalue weighted by molar-refractivity contribution is 9.10. The predicted octanol–water partition coefficient (Wildman–Crippen LogP) is 2.20. The second-order valence-corrected chi connectivity index (χ2v) is 3.93. The molecular weight excluding hydrogens is 296 g/mol. The monoisotopic (exact) mass is 304 g/mol. The summed E-state index contributed by atoms with van der Waals surface area (Å²) in [7, 11) is 1.29. The van der Waals surface area contributed by atoms with Gasteiger partial charge in [0, 0.05) is 10.2 Å². The molecule has 86 valence electrons. The number of ether oxygens (including phenoxy) is 1. The molecule has 0 heterocycles. The summed E-state index contributed by atoms with van der Waals surface area (Å²) in [6, 6.07) is 4.25. The van der Waals surface area contributed by atoms with Crippen LogP contribution in [-0.2, 0) is 4.74 Å². The minimum Gasteiger partial charge on any atom is -0.465 e. The molecule has 1 aromatic rings. The number of esters is 1. The number of amides is 2. The van der Waals surface area contributed by atoms with Crippen molar-refractivity contribution in [3.8, 4) is 0 Å². The first-order valence-corrected chi connectivity index (χ1v) is 5.41. The second-order valence-electron chi connectivity index (χ2n) is 2.79. The van der Waals surface area contributed by atoms with E-state index < -0.39 is 12.0 Å². The maximum Gasteiger partial charge on any atom is 0.337 e.